The topological polar surface area (TPSA) is 83.9 Å². The number of amides is 1. The Morgan fingerprint density at radius 3 is 2.10 bits per heavy atom. The van der Waals surface area contributed by atoms with Gasteiger partial charge in [-0.2, -0.15) is 26.3 Å². The molecule has 6 rings (SSSR count). The fourth-order valence-corrected chi connectivity index (χ4v) is 6.84. The molecule has 1 unspecified atom stereocenters. The first-order valence-corrected chi connectivity index (χ1v) is 16.3. The van der Waals surface area contributed by atoms with Crippen molar-refractivity contribution in [2.45, 2.75) is 57.8 Å². The van der Waals surface area contributed by atoms with E-state index in [1.807, 2.05) is 4.90 Å². The predicted molar refractivity (Wildman–Crippen MR) is 172 cm³/mol. The van der Waals surface area contributed by atoms with Crippen molar-refractivity contribution in [1.82, 2.24) is 18.9 Å². The standard InChI is InChI=1S/C35H34F7N5O4/c1-22-31(44-17-15-43(16-18-44)19-24-12-13-29(51-24)35(40,41)42)32(49)47(21-28(23-7-3-2-4-8-23)45-14-6-11-30(45)48)33(50)46(22)20-25-26(34(37,38)39)9-5-10-27(25)36/h2-5,7-10,12-13,28H,6,11,14-21H2,1H3. The maximum atomic E-state index is 15.1. The van der Waals surface area contributed by atoms with E-state index in [0.29, 0.717) is 18.5 Å². The number of halogens is 7. The molecule has 0 aliphatic carbocycles. The van der Waals surface area contributed by atoms with Crippen molar-refractivity contribution < 1.29 is 39.9 Å². The van der Waals surface area contributed by atoms with E-state index in [4.69, 9.17) is 4.42 Å². The molecule has 2 saturated heterocycles. The lowest BCUT2D eigenvalue weighted by molar-refractivity contribution is -0.153. The maximum Gasteiger partial charge on any atom is 0.449 e. The number of alkyl halides is 6. The van der Waals surface area contributed by atoms with E-state index in [2.05, 4.69) is 0 Å². The quantitative estimate of drug-likeness (QED) is 0.203. The Morgan fingerprint density at radius 2 is 1.49 bits per heavy atom. The van der Waals surface area contributed by atoms with Crippen LogP contribution in [0.25, 0.3) is 0 Å². The molecule has 2 aromatic heterocycles. The van der Waals surface area contributed by atoms with E-state index in [1.165, 1.54) is 13.0 Å². The van der Waals surface area contributed by atoms with Gasteiger partial charge in [-0.05, 0) is 43.2 Å². The van der Waals surface area contributed by atoms with Crippen LogP contribution >= 0.6 is 0 Å². The minimum absolute atomic E-state index is 0.0102. The number of carbonyl (C=O) groups excluding carboxylic acids is 1. The Labute approximate surface area is 287 Å². The summed E-state index contributed by atoms with van der Waals surface area (Å²) in [6.45, 7) is 1.55. The van der Waals surface area contributed by atoms with Crippen molar-refractivity contribution in [2.75, 3.05) is 37.6 Å². The summed E-state index contributed by atoms with van der Waals surface area (Å²) in [5, 5.41) is 0. The number of carbonyl (C=O) groups is 1. The lowest BCUT2D eigenvalue weighted by Gasteiger charge is -2.37. The second kappa shape index (κ2) is 14.0. The van der Waals surface area contributed by atoms with E-state index in [-0.39, 0.29) is 68.7 Å². The van der Waals surface area contributed by atoms with Crippen LogP contribution in [0.3, 0.4) is 0 Å². The molecule has 2 aliphatic rings. The average molecular weight is 722 g/mol. The van der Waals surface area contributed by atoms with Gasteiger partial charge in [0.1, 0.15) is 17.3 Å². The van der Waals surface area contributed by atoms with Crippen molar-refractivity contribution in [1.29, 1.82) is 0 Å². The fourth-order valence-electron chi connectivity index (χ4n) is 6.84. The third-order valence-electron chi connectivity index (χ3n) is 9.43. The molecule has 272 valence electrons. The number of nitrogens with zero attached hydrogens (tertiary/aromatic N) is 5. The number of aromatic nitrogens is 2. The van der Waals surface area contributed by atoms with E-state index in [1.54, 1.807) is 40.1 Å². The van der Waals surface area contributed by atoms with Crippen LogP contribution in [-0.4, -0.2) is 57.6 Å². The number of piperazine rings is 1. The summed E-state index contributed by atoms with van der Waals surface area (Å²) in [5.41, 5.74) is -3.08. The van der Waals surface area contributed by atoms with Crippen LogP contribution in [0.5, 0.6) is 0 Å². The van der Waals surface area contributed by atoms with Crippen LogP contribution in [0.1, 0.15) is 52.8 Å². The molecule has 0 bridgehead atoms. The molecule has 0 radical (unpaired) electrons. The van der Waals surface area contributed by atoms with E-state index >= 15 is 4.39 Å². The highest BCUT2D eigenvalue weighted by Gasteiger charge is 2.37. The van der Waals surface area contributed by atoms with Crippen LogP contribution in [0, 0.1) is 12.7 Å². The summed E-state index contributed by atoms with van der Waals surface area (Å²) < 4.78 is 103. The molecule has 1 amide bonds. The minimum Gasteiger partial charge on any atom is -0.455 e. The number of anilines is 1. The van der Waals surface area contributed by atoms with Gasteiger partial charge in [0, 0.05) is 50.4 Å². The van der Waals surface area contributed by atoms with Gasteiger partial charge in [0.25, 0.3) is 5.56 Å². The lowest BCUT2D eigenvalue weighted by Crippen LogP contribution is -2.51. The zero-order valence-corrected chi connectivity index (χ0v) is 27.4. The third kappa shape index (κ3) is 7.46. The molecule has 1 atom stereocenters. The Hall–Kier alpha value is -4.86. The number of likely N-dealkylation sites (tertiary alicyclic amines) is 1. The predicted octanol–water partition coefficient (Wildman–Crippen LogP) is 5.82. The fraction of sp³-hybridized carbons (Fsp3) is 0.400. The first-order chi connectivity index (χ1) is 24.1. The summed E-state index contributed by atoms with van der Waals surface area (Å²) in [5.74, 6) is -2.39. The number of furan rings is 1. The summed E-state index contributed by atoms with van der Waals surface area (Å²) >= 11 is 0. The molecule has 4 heterocycles. The van der Waals surface area contributed by atoms with Crippen LogP contribution in [0.2, 0.25) is 0 Å². The summed E-state index contributed by atoms with van der Waals surface area (Å²) in [4.78, 5) is 46.6. The van der Waals surface area contributed by atoms with Crippen LogP contribution in [-0.2, 0) is 36.8 Å². The van der Waals surface area contributed by atoms with E-state index in [9.17, 15) is 40.7 Å². The second-order valence-corrected chi connectivity index (χ2v) is 12.6. The molecular formula is C35H34F7N5O4. The van der Waals surface area contributed by atoms with Gasteiger partial charge in [-0.15, -0.1) is 0 Å². The maximum absolute atomic E-state index is 15.1. The summed E-state index contributed by atoms with van der Waals surface area (Å²) in [6, 6.07) is 12.6. The molecule has 4 aromatic rings. The average Bonchev–Trinajstić information content (AvgIpc) is 3.73. The molecule has 0 N–H and O–H groups in total. The smallest absolute Gasteiger partial charge is 0.449 e. The molecule has 0 saturated carbocycles. The largest absolute Gasteiger partial charge is 0.455 e. The van der Waals surface area contributed by atoms with Gasteiger partial charge >= 0.3 is 18.0 Å². The first kappa shape index (κ1) is 35.9. The Bertz CT molecular complexity index is 2010. The van der Waals surface area contributed by atoms with Gasteiger partial charge in [0.05, 0.1) is 31.2 Å². The third-order valence-corrected chi connectivity index (χ3v) is 9.43. The van der Waals surface area contributed by atoms with Crippen LogP contribution < -0.4 is 16.1 Å². The summed E-state index contributed by atoms with van der Waals surface area (Å²) in [7, 11) is 0. The molecule has 16 heteroatoms. The van der Waals surface area contributed by atoms with Gasteiger partial charge < -0.3 is 14.2 Å². The number of rotatable bonds is 9. The molecule has 0 spiro atoms. The molecule has 2 fully saturated rings. The van der Waals surface area contributed by atoms with Crippen molar-refractivity contribution in [3.05, 3.63) is 121 Å². The first-order valence-electron chi connectivity index (χ1n) is 16.3. The van der Waals surface area contributed by atoms with Gasteiger partial charge in [-0.25, -0.2) is 9.18 Å². The van der Waals surface area contributed by atoms with Crippen LogP contribution in [0.4, 0.5) is 36.4 Å². The molecular weight excluding hydrogens is 687 g/mol. The molecule has 2 aliphatic heterocycles. The number of hydrogen-bond acceptors (Lipinski definition) is 6. The van der Waals surface area contributed by atoms with E-state index in [0.717, 1.165) is 33.4 Å². The van der Waals surface area contributed by atoms with Gasteiger partial charge in [-0.3, -0.25) is 23.6 Å². The summed E-state index contributed by atoms with van der Waals surface area (Å²) in [6.07, 6.45) is -8.74. The SMILES string of the molecule is Cc1c(N2CCN(Cc3ccc(C(F)(F)F)o3)CC2)c(=O)n(CC(c2ccccc2)N2CCCC2=O)c(=O)n1Cc1c(F)cccc1C(F)(F)F. The van der Waals surface area contributed by atoms with Crippen molar-refractivity contribution >= 4 is 11.6 Å². The normalized spacial score (nSPS) is 16.7. The molecule has 2 aromatic carbocycles. The monoisotopic (exact) mass is 721 g/mol. The van der Waals surface area contributed by atoms with Crippen molar-refractivity contribution in [3.8, 4) is 0 Å². The lowest BCUT2D eigenvalue weighted by atomic mass is 10.0. The molecule has 51 heavy (non-hydrogen) atoms. The van der Waals surface area contributed by atoms with Crippen molar-refractivity contribution in [2.24, 2.45) is 0 Å². The van der Waals surface area contributed by atoms with Crippen LogP contribution in [0.15, 0.2) is 74.7 Å². The van der Waals surface area contributed by atoms with Crippen molar-refractivity contribution in [3.63, 3.8) is 0 Å². The number of benzene rings is 2. The highest BCUT2D eigenvalue weighted by molar-refractivity contribution is 5.78. The zero-order valence-electron chi connectivity index (χ0n) is 27.4. The number of hydrogen-bond donors (Lipinski definition) is 0. The highest BCUT2D eigenvalue weighted by Crippen LogP contribution is 2.34. The molecule has 9 nitrogen and oxygen atoms in total. The Balaban J connectivity index is 1.40. The van der Waals surface area contributed by atoms with Gasteiger partial charge in [0.2, 0.25) is 11.7 Å². The minimum atomic E-state index is -4.94. The highest BCUT2D eigenvalue weighted by atomic mass is 19.4. The van der Waals surface area contributed by atoms with Gasteiger partial charge in [-0.1, -0.05) is 36.4 Å². The van der Waals surface area contributed by atoms with E-state index < -0.39 is 58.9 Å². The van der Waals surface area contributed by atoms with Gasteiger partial charge in [0.15, 0.2) is 0 Å². The Morgan fingerprint density at radius 1 is 0.784 bits per heavy atom. The Kier molecular flexibility index (Phi) is 9.90. The second-order valence-electron chi connectivity index (χ2n) is 12.6. The zero-order chi connectivity index (χ0) is 36.7.